The van der Waals surface area contributed by atoms with Crippen LogP contribution in [0, 0.1) is 13.8 Å². The molecule has 7 heteroatoms. The predicted molar refractivity (Wildman–Crippen MR) is 133 cm³/mol. The normalized spacial score (nSPS) is 11.7. The van der Waals surface area contributed by atoms with Gasteiger partial charge in [-0.1, -0.05) is 54.1 Å². The smallest absolute Gasteiger partial charge is 0.246 e. The molecule has 0 aromatic heterocycles. The molecule has 3 aromatic carbocycles. The number of methoxy groups -OCH3 is 1. The Kier molecular flexibility index (Phi) is 8.09. The van der Waals surface area contributed by atoms with Gasteiger partial charge in [-0.3, -0.25) is 14.5 Å². The van der Waals surface area contributed by atoms with E-state index in [2.05, 4.69) is 10.6 Å². The van der Waals surface area contributed by atoms with Gasteiger partial charge in [0.2, 0.25) is 11.8 Å². The number of benzene rings is 3. The SMILES string of the molecule is COc1ccc(Cl)cc1NC(=O)CN(C)C(C(=O)Nc1cc(C)ccc1C)c1ccccc1. The molecule has 1 atom stereocenters. The number of carbonyl (C=O) groups excluding carboxylic acids is 2. The summed E-state index contributed by atoms with van der Waals surface area (Å²) in [6, 6.07) is 19.6. The molecular weight excluding hydrogens is 438 g/mol. The van der Waals surface area contributed by atoms with E-state index in [9.17, 15) is 9.59 Å². The van der Waals surface area contributed by atoms with Crippen LogP contribution in [0.1, 0.15) is 22.7 Å². The number of nitrogens with one attached hydrogen (secondary N) is 2. The Balaban J connectivity index is 1.81. The first-order valence-corrected chi connectivity index (χ1v) is 10.9. The highest BCUT2D eigenvalue weighted by Crippen LogP contribution is 2.28. The van der Waals surface area contributed by atoms with Crippen molar-refractivity contribution in [2.24, 2.45) is 0 Å². The van der Waals surface area contributed by atoms with Gasteiger partial charge in [-0.05, 0) is 61.9 Å². The van der Waals surface area contributed by atoms with Crippen LogP contribution in [0.4, 0.5) is 11.4 Å². The Morgan fingerprint density at radius 3 is 2.39 bits per heavy atom. The number of likely N-dealkylation sites (N-methyl/N-ethyl adjacent to an activating group) is 1. The fourth-order valence-electron chi connectivity index (χ4n) is 3.60. The van der Waals surface area contributed by atoms with E-state index in [-0.39, 0.29) is 18.4 Å². The number of carbonyl (C=O) groups is 2. The van der Waals surface area contributed by atoms with Crippen LogP contribution in [0.25, 0.3) is 0 Å². The standard InChI is InChI=1S/C26H28ClN3O3/c1-17-10-11-18(2)21(14-17)29-26(32)25(19-8-6-5-7-9-19)30(3)16-24(31)28-22-15-20(27)12-13-23(22)33-4/h5-15,25H,16H2,1-4H3,(H,28,31)(H,29,32). The van der Waals surface area contributed by atoms with Gasteiger partial charge < -0.3 is 15.4 Å². The summed E-state index contributed by atoms with van der Waals surface area (Å²) in [5.41, 5.74) is 4.03. The molecule has 0 fully saturated rings. The summed E-state index contributed by atoms with van der Waals surface area (Å²) >= 11 is 6.07. The first-order chi connectivity index (χ1) is 15.8. The predicted octanol–water partition coefficient (Wildman–Crippen LogP) is 5.22. The number of nitrogens with zero attached hydrogens (tertiary/aromatic N) is 1. The Morgan fingerprint density at radius 1 is 0.970 bits per heavy atom. The lowest BCUT2D eigenvalue weighted by molar-refractivity contribution is -0.123. The third-order valence-corrected chi connectivity index (χ3v) is 5.52. The van der Waals surface area contributed by atoms with Crippen LogP contribution in [0.5, 0.6) is 5.75 Å². The van der Waals surface area contributed by atoms with Crippen molar-refractivity contribution in [2.75, 3.05) is 31.3 Å². The molecule has 0 saturated heterocycles. The fraction of sp³-hybridized carbons (Fsp3) is 0.231. The minimum Gasteiger partial charge on any atom is -0.495 e. The molecule has 172 valence electrons. The lowest BCUT2D eigenvalue weighted by Crippen LogP contribution is -2.39. The maximum absolute atomic E-state index is 13.4. The van der Waals surface area contributed by atoms with E-state index in [0.717, 1.165) is 22.4 Å². The van der Waals surface area contributed by atoms with Crippen molar-refractivity contribution in [3.05, 3.63) is 88.4 Å². The molecule has 6 nitrogen and oxygen atoms in total. The second-order valence-corrected chi connectivity index (χ2v) is 8.37. The Hall–Kier alpha value is -3.35. The topological polar surface area (TPSA) is 70.7 Å². The molecule has 33 heavy (non-hydrogen) atoms. The minimum atomic E-state index is -0.668. The number of halogens is 1. The fourth-order valence-corrected chi connectivity index (χ4v) is 3.77. The van der Waals surface area contributed by atoms with Gasteiger partial charge >= 0.3 is 0 Å². The summed E-state index contributed by atoms with van der Waals surface area (Å²) in [6.45, 7) is 3.90. The van der Waals surface area contributed by atoms with Crippen LogP contribution < -0.4 is 15.4 Å². The number of amides is 2. The molecule has 0 aliphatic rings. The van der Waals surface area contributed by atoms with Gasteiger partial charge in [0.25, 0.3) is 0 Å². The summed E-state index contributed by atoms with van der Waals surface area (Å²) in [4.78, 5) is 27.9. The van der Waals surface area contributed by atoms with E-state index < -0.39 is 6.04 Å². The molecule has 0 bridgehead atoms. The van der Waals surface area contributed by atoms with Crippen LogP contribution >= 0.6 is 11.6 Å². The third-order valence-electron chi connectivity index (χ3n) is 5.28. The van der Waals surface area contributed by atoms with E-state index in [1.54, 1.807) is 30.1 Å². The first-order valence-electron chi connectivity index (χ1n) is 10.5. The molecule has 0 saturated carbocycles. The highest BCUT2D eigenvalue weighted by atomic mass is 35.5. The Labute approximate surface area is 199 Å². The summed E-state index contributed by atoms with van der Waals surface area (Å²) in [6.07, 6.45) is 0. The van der Waals surface area contributed by atoms with Gasteiger partial charge in [-0.25, -0.2) is 0 Å². The molecule has 0 spiro atoms. The molecule has 0 aliphatic heterocycles. The zero-order chi connectivity index (χ0) is 24.0. The number of hydrogen-bond acceptors (Lipinski definition) is 4. The monoisotopic (exact) mass is 465 g/mol. The molecule has 1 unspecified atom stereocenters. The van der Waals surface area contributed by atoms with Crippen molar-refractivity contribution < 1.29 is 14.3 Å². The van der Waals surface area contributed by atoms with Crippen LogP contribution in [0.2, 0.25) is 5.02 Å². The number of aryl methyl sites for hydroxylation is 2. The highest BCUT2D eigenvalue weighted by molar-refractivity contribution is 6.31. The lowest BCUT2D eigenvalue weighted by atomic mass is 10.0. The average molecular weight is 466 g/mol. The number of hydrogen-bond donors (Lipinski definition) is 2. The van der Waals surface area contributed by atoms with Crippen molar-refractivity contribution in [3.63, 3.8) is 0 Å². The van der Waals surface area contributed by atoms with Crippen molar-refractivity contribution in [3.8, 4) is 5.75 Å². The van der Waals surface area contributed by atoms with Crippen LogP contribution in [0.15, 0.2) is 66.7 Å². The highest BCUT2D eigenvalue weighted by Gasteiger charge is 2.27. The van der Waals surface area contributed by atoms with Gasteiger partial charge in [0, 0.05) is 10.7 Å². The van der Waals surface area contributed by atoms with E-state index in [1.165, 1.54) is 7.11 Å². The average Bonchev–Trinajstić information content (AvgIpc) is 2.77. The van der Waals surface area contributed by atoms with Gasteiger partial charge in [0.1, 0.15) is 11.8 Å². The van der Waals surface area contributed by atoms with E-state index in [1.807, 2.05) is 62.4 Å². The minimum absolute atomic E-state index is 0.0184. The maximum atomic E-state index is 13.4. The zero-order valence-corrected chi connectivity index (χ0v) is 19.9. The summed E-state index contributed by atoms with van der Waals surface area (Å²) in [7, 11) is 3.27. The summed E-state index contributed by atoms with van der Waals surface area (Å²) in [5, 5.41) is 6.33. The molecular formula is C26H28ClN3O3. The molecule has 3 rings (SSSR count). The van der Waals surface area contributed by atoms with Crippen LogP contribution in [0.3, 0.4) is 0 Å². The van der Waals surface area contributed by atoms with Crippen molar-refractivity contribution >= 4 is 34.8 Å². The number of anilines is 2. The van der Waals surface area contributed by atoms with Gasteiger partial charge in [0.05, 0.1) is 19.3 Å². The largest absolute Gasteiger partial charge is 0.495 e. The summed E-state index contributed by atoms with van der Waals surface area (Å²) < 4.78 is 5.30. The van der Waals surface area contributed by atoms with E-state index in [4.69, 9.17) is 16.3 Å². The molecule has 3 aromatic rings. The third kappa shape index (κ3) is 6.34. The first kappa shape index (κ1) is 24.3. The number of ether oxygens (including phenoxy) is 1. The van der Waals surface area contributed by atoms with Gasteiger partial charge in [-0.15, -0.1) is 0 Å². The molecule has 2 N–H and O–H groups in total. The molecule has 0 radical (unpaired) electrons. The van der Waals surface area contributed by atoms with Crippen LogP contribution in [-0.4, -0.2) is 37.4 Å². The van der Waals surface area contributed by atoms with Crippen molar-refractivity contribution in [2.45, 2.75) is 19.9 Å². The summed E-state index contributed by atoms with van der Waals surface area (Å²) in [5.74, 6) is -0.00764. The second-order valence-electron chi connectivity index (χ2n) is 7.93. The Bertz CT molecular complexity index is 1130. The number of rotatable bonds is 8. The lowest BCUT2D eigenvalue weighted by Gasteiger charge is -2.27. The van der Waals surface area contributed by atoms with Gasteiger partial charge in [-0.2, -0.15) is 0 Å². The molecule has 0 aliphatic carbocycles. The van der Waals surface area contributed by atoms with Crippen molar-refractivity contribution in [1.29, 1.82) is 0 Å². The quantitative estimate of drug-likeness (QED) is 0.478. The Morgan fingerprint density at radius 2 is 1.70 bits per heavy atom. The van der Waals surface area contributed by atoms with E-state index >= 15 is 0 Å². The zero-order valence-electron chi connectivity index (χ0n) is 19.2. The second kappa shape index (κ2) is 11.0. The van der Waals surface area contributed by atoms with E-state index in [0.29, 0.717) is 16.5 Å². The maximum Gasteiger partial charge on any atom is 0.246 e. The van der Waals surface area contributed by atoms with Crippen LogP contribution in [-0.2, 0) is 9.59 Å². The van der Waals surface area contributed by atoms with Gasteiger partial charge in [0.15, 0.2) is 0 Å². The molecule has 2 amide bonds. The van der Waals surface area contributed by atoms with Crippen molar-refractivity contribution in [1.82, 2.24) is 4.90 Å². The molecule has 0 heterocycles.